The molecule has 4 rings (SSSR count). The molecule has 0 spiro atoms. The topological polar surface area (TPSA) is 52.7 Å². The van der Waals surface area contributed by atoms with Crippen LogP contribution in [-0.4, -0.2) is 53.3 Å². The maximum atomic E-state index is 12.9. The number of benzene rings is 2. The molecule has 2 atom stereocenters. The first kappa shape index (κ1) is 18.0. The Hall–Kier alpha value is -2.37. The first-order valence-electron chi connectivity index (χ1n) is 9.22. The zero-order valence-corrected chi connectivity index (χ0v) is 15.7. The average Bonchev–Trinajstić information content (AvgIpc) is 2.68. The lowest BCUT2D eigenvalue weighted by Crippen LogP contribution is -2.69. The van der Waals surface area contributed by atoms with Gasteiger partial charge in [-0.1, -0.05) is 60.1 Å². The minimum atomic E-state index is -0.480. The van der Waals surface area contributed by atoms with Crippen LogP contribution in [0.1, 0.15) is 11.1 Å². The van der Waals surface area contributed by atoms with E-state index in [0.717, 1.165) is 22.7 Å². The molecule has 0 aromatic heterocycles. The van der Waals surface area contributed by atoms with Crippen molar-refractivity contribution >= 4 is 23.4 Å². The van der Waals surface area contributed by atoms with Gasteiger partial charge in [-0.15, -0.1) is 0 Å². The molecule has 1 N–H and O–H groups in total. The van der Waals surface area contributed by atoms with Gasteiger partial charge in [-0.05, 0) is 17.2 Å². The summed E-state index contributed by atoms with van der Waals surface area (Å²) in [4.78, 5) is 29.5. The zero-order chi connectivity index (χ0) is 18.8. The molecule has 2 aliphatic heterocycles. The van der Waals surface area contributed by atoms with E-state index in [1.54, 1.807) is 4.90 Å². The van der Waals surface area contributed by atoms with Gasteiger partial charge in [-0.2, -0.15) is 0 Å². The molecule has 0 bridgehead atoms. The Bertz CT molecular complexity index is 842. The van der Waals surface area contributed by atoms with Crippen molar-refractivity contribution in [3.8, 4) is 0 Å². The Morgan fingerprint density at radius 3 is 2.52 bits per heavy atom. The maximum absolute atomic E-state index is 12.9. The zero-order valence-electron chi connectivity index (χ0n) is 15.0. The van der Waals surface area contributed by atoms with Gasteiger partial charge in [0.2, 0.25) is 11.8 Å². The number of piperazine rings is 2. The van der Waals surface area contributed by atoms with Gasteiger partial charge in [0, 0.05) is 37.6 Å². The second-order valence-electron chi connectivity index (χ2n) is 7.12. The number of amides is 2. The molecule has 2 aliphatic rings. The Balaban J connectivity index is 1.43. The summed E-state index contributed by atoms with van der Waals surface area (Å²) in [6, 6.07) is 16.6. The van der Waals surface area contributed by atoms with Crippen LogP contribution in [-0.2, 0) is 22.6 Å². The summed E-state index contributed by atoms with van der Waals surface area (Å²) < 4.78 is 0. The van der Waals surface area contributed by atoms with Gasteiger partial charge in [0.25, 0.3) is 0 Å². The van der Waals surface area contributed by atoms with E-state index >= 15 is 0 Å². The molecular formula is C21H22ClN3O2. The van der Waals surface area contributed by atoms with Crippen LogP contribution in [0.15, 0.2) is 54.6 Å². The number of fused-ring (bicyclic) bond motifs is 1. The van der Waals surface area contributed by atoms with Crippen molar-refractivity contribution in [2.75, 3.05) is 19.6 Å². The first-order valence-corrected chi connectivity index (χ1v) is 9.60. The van der Waals surface area contributed by atoms with Crippen molar-refractivity contribution in [2.24, 2.45) is 0 Å². The smallest absolute Gasteiger partial charge is 0.246 e. The first-order chi connectivity index (χ1) is 13.1. The minimum absolute atomic E-state index is 0.0147. The standard InChI is InChI=1S/C21H22ClN3O2/c22-17-9-5-4-8-16(17)13-24-10-11-25-19(14-24)20(26)23-18(21(25)27)12-15-6-2-1-3-7-15/h1-9,18-19H,10-14H2,(H,23,26)/t18-,19-/m1/s1. The number of halogens is 1. The van der Waals surface area contributed by atoms with Gasteiger partial charge >= 0.3 is 0 Å². The van der Waals surface area contributed by atoms with E-state index in [1.165, 1.54) is 0 Å². The SMILES string of the molecule is O=C1N[C@H](Cc2ccccc2)C(=O)N2CCN(Cc3ccccc3Cl)C[C@H]12. The van der Waals surface area contributed by atoms with Gasteiger partial charge in [0.1, 0.15) is 12.1 Å². The molecule has 2 fully saturated rings. The van der Waals surface area contributed by atoms with Crippen LogP contribution in [0.2, 0.25) is 5.02 Å². The lowest BCUT2D eigenvalue weighted by atomic mass is 9.98. The second kappa shape index (κ2) is 7.71. The summed E-state index contributed by atoms with van der Waals surface area (Å²) >= 11 is 6.26. The Morgan fingerprint density at radius 1 is 1.00 bits per heavy atom. The number of nitrogens with one attached hydrogen (secondary N) is 1. The summed E-state index contributed by atoms with van der Waals surface area (Å²) in [6.45, 7) is 2.51. The Labute approximate surface area is 163 Å². The van der Waals surface area contributed by atoms with E-state index in [-0.39, 0.29) is 11.8 Å². The summed E-state index contributed by atoms with van der Waals surface area (Å²) in [5.41, 5.74) is 2.09. The van der Waals surface area contributed by atoms with Gasteiger partial charge in [-0.3, -0.25) is 14.5 Å². The molecule has 2 saturated heterocycles. The lowest BCUT2D eigenvalue weighted by molar-refractivity contribution is -0.153. The van der Waals surface area contributed by atoms with E-state index < -0.39 is 12.1 Å². The van der Waals surface area contributed by atoms with E-state index in [9.17, 15) is 9.59 Å². The largest absolute Gasteiger partial charge is 0.342 e. The van der Waals surface area contributed by atoms with Crippen molar-refractivity contribution in [2.45, 2.75) is 25.0 Å². The number of hydrogen-bond donors (Lipinski definition) is 1. The highest BCUT2D eigenvalue weighted by Crippen LogP contribution is 2.22. The maximum Gasteiger partial charge on any atom is 0.246 e. The number of rotatable bonds is 4. The predicted molar refractivity (Wildman–Crippen MR) is 104 cm³/mol. The predicted octanol–water partition coefficient (Wildman–Crippen LogP) is 2.09. The molecule has 2 aromatic carbocycles. The molecular weight excluding hydrogens is 362 g/mol. The quantitative estimate of drug-likeness (QED) is 0.879. The van der Waals surface area contributed by atoms with E-state index in [0.29, 0.717) is 26.1 Å². The third-order valence-corrected chi connectivity index (χ3v) is 5.67. The number of carbonyl (C=O) groups is 2. The fourth-order valence-electron chi connectivity index (χ4n) is 3.86. The van der Waals surface area contributed by atoms with Crippen molar-refractivity contribution in [3.63, 3.8) is 0 Å². The summed E-state index contributed by atoms with van der Waals surface area (Å²) in [6.07, 6.45) is 0.526. The highest BCUT2D eigenvalue weighted by Gasteiger charge is 2.43. The third-order valence-electron chi connectivity index (χ3n) is 5.30. The van der Waals surface area contributed by atoms with Gasteiger partial charge in [0.15, 0.2) is 0 Å². The molecule has 5 nitrogen and oxygen atoms in total. The number of carbonyl (C=O) groups excluding carboxylic acids is 2. The summed E-state index contributed by atoms with van der Waals surface area (Å²) in [7, 11) is 0. The highest BCUT2D eigenvalue weighted by atomic mass is 35.5. The normalized spacial score (nSPS) is 23.1. The Morgan fingerprint density at radius 2 is 1.74 bits per heavy atom. The molecule has 0 saturated carbocycles. The third kappa shape index (κ3) is 3.84. The van der Waals surface area contributed by atoms with Crippen LogP contribution >= 0.6 is 11.6 Å². The lowest BCUT2D eigenvalue weighted by Gasteiger charge is -2.45. The molecule has 0 radical (unpaired) electrons. The van der Waals surface area contributed by atoms with Gasteiger partial charge in [-0.25, -0.2) is 0 Å². The average molecular weight is 384 g/mol. The number of nitrogens with zero attached hydrogens (tertiary/aromatic N) is 2. The van der Waals surface area contributed by atoms with Crippen LogP contribution in [0, 0.1) is 0 Å². The molecule has 2 aromatic rings. The fraction of sp³-hybridized carbons (Fsp3) is 0.333. The van der Waals surface area contributed by atoms with Crippen molar-refractivity contribution in [1.82, 2.24) is 15.1 Å². The number of hydrogen-bond acceptors (Lipinski definition) is 3. The van der Waals surface area contributed by atoms with Crippen LogP contribution < -0.4 is 5.32 Å². The molecule has 0 unspecified atom stereocenters. The summed E-state index contributed by atoms with van der Waals surface area (Å²) in [5.74, 6) is -0.0553. The van der Waals surface area contributed by atoms with Crippen molar-refractivity contribution in [1.29, 1.82) is 0 Å². The molecule has 0 aliphatic carbocycles. The van der Waals surface area contributed by atoms with E-state index in [4.69, 9.17) is 11.6 Å². The monoisotopic (exact) mass is 383 g/mol. The molecule has 2 amide bonds. The van der Waals surface area contributed by atoms with Crippen LogP contribution in [0.5, 0.6) is 0 Å². The van der Waals surface area contributed by atoms with Crippen molar-refractivity contribution < 1.29 is 9.59 Å². The minimum Gasteiger partial charge on any atom is -0.342 e. The Kier molecular flexibility index (Phi) is 5.14. The molecule has 27 heavy (non-hydrogen) atoms. The molecule has 140 valence electrons. The van der Waals surface area contributed by atoms with Crippen molar-refractivity contribution in [3.05, 3.63) is 70.7 Å². The van der Waals surface area contributed by atoms with Crippen LogP contribution in [0.4, 0.5) is 0 Å². The molecule has 6 heteroatoms. The van der Waals surface area contributed by atoms with Crippen LogP contribution in [0.25, 0.3) is 0 Å². The fourth-order valence-corrected chi connectivity index (χ4v) is 4.05. The van der Waals surface area contributed by atoms with Gasteiger partial charge < -0.3 is 10.2 Å². The van der Waals surface area contributed by atoms with E-state index in [2.05, 4.69) is 10.2 Å². The highest BCUT2D eigenvalue weighted by molar-refractivity contribution is 6.31. The second-order valence-corrected chi connectivity index (χ2v) is 7.53. The van der Waals surface area contributed by atoms with Crippen LogP contribution in [0.3, 0.4) is 0 Å². The summed E-state index contributed by atoms with van der Waals surface area (Å²) in [5, 5.41) is 3.66. The molecule has 2 heterocycles. The van der Waals surface area contributed by atoms with E-state index in [1.807, 2.05) is 54.6 Å². The van der Waals surface area contributed by atoms with Gasteiger partial charge in [0.05, 0.1) is 0 Å².